The smallest absolute Gasteiger partial charge is 0.328 e. The minimum atomic E-state index is -0.922. The average Bonchev–Trinajstić information content (AvgIpc) is 3.18. The van der Waals surface area contributed by atoms with Gasteiger partial charge >= 0.3 is 5.97 Å². The Kier molecular flexibility index (Phi) is 4.05. The van der Waals surface area contributed by atoms with Crippen LogP contribution in [-0.2, 0) is 4.79 Å². The zero-order valence-electron chi connectivity index (χ0n) is 11.2. The van der Waals surface area contributed by atoms with Crippen molar-refractivity contribution in [2.75, 3.05) is 11.4 Å². The zero-order chi connectivity index (χ0) is 13.8. The van der Waals surface area contributed by atoms with E-state index in [4.69, 9.17) is 5.11 Å². The number of hydrogen-bond acceptors (Lipinski definition) is 2. The molecule has 0 aromatic heterocycles. The number of anilines is 1. The highest BCUT2D eigenvalue weighted by molar-refractivity contribution is 5.87. The van der Waals surface area contributed by atoms with Gasteiger partial charge in [0.25, 0.3) is 0 Å². The summed E-state index contributed by atoms with van der Waals surface area (Å²) in [6, 6.07) is 6.72. The summed E-state index contributed by atoms with van der Waals surface area (Å²) in [7, 11) is 0. The third-order valence-electron chi connectivity index (χ3n) is 3.21. The lowest BCUT2D eigenvalue weighted by Gasteiger charge is -2.25. The molecule has 1 saturated carbocycles. The van der Waals surface area contributed by atoms with Crippen LogP contribution in [0.2, 0.25) is 0 Å². The van der Waals surface area contributed by atoms with Crippen molar-refractivity contribution in [3.8, 4) is 0 Å². The van der Waals surface area contributed by atoms with Gasteiger partial charge in [-0.3, -0.25) is 0 Å². The van der Waals surface area contributed by atoms with Gasteiger partial charge in [0.1, 0.15) is 0 Å². The molecule has 0 heterocycles. The predicted octanol–water partition coefficient (Wildman–Crippen LogP) is 3.25. The monoisotopic (exact) mass is 257 g/mol. The van der Waals surface area contributed by atoms with E-state index < -0.39 is 5.97 Å². The lowest BCUT2D eigenvalue weighted by atomic mass is 10.1. The van der Waals surface area contributed by atoms with Gasteiger partial charge in [-0.05, 0) is 43.5 Å². The van der Waals surface area contributed by atoms with Crippen molar-refractivity contribution in [3.05, 3.63) is 48.1 Å². The molecule has 100 valence electrons. The minimum absolute atomic E-state index is 0.567. The molecule has 0 atom stereocenters. The largest absolute Gasteiger partial charge is 0.478 e. The highest BCUT2D eigenvalue weighted by Gasteiger charge is 2.29. The molecule has 0 aliphatic heterocycles. The van der Waals surface area contributed by atoms with Gasteiger partial charge < -0.3 is 10.0 Å². The van der Waals surface area contributed by atoms with Crippen LogP contribution in [0, 0.1) is 6.92 Å². The third-order valence-corrected chi connectivity index (χ3v) is 3.21. The molecule has 1 aliphatic carbocycles. The summed E-state index contributed by atoms with van der Waals surface area (Å²) in [6.07, 6.45) is 7.15. The van der Waals surface area contributed by atoms with Gasteiger partial charge in [0.2, 0.25) is 0 Å². The van der Waals surface area contributed by atoms with Crippen molar-refractivity contribution >= 4 is 17.7 Å². The summed E-state index contributed by atoms with van der Waals surface area (Å²) in [5.41, 5.74) is 3.17. The fourth-order valence-electron chi connectivity index (χ4n) is 2.20. The number of aliphatic carboxylic acids is 1. The molecule has 3 heteroatoms. The van der Waals surface area contributed by atoms with Gasteiger partial charge in [-0.25, -0.2) is 4.79 Å². The second kappa shape index (κ2) is 5.74. The van der Waals surface area contributed by atoms with Crippen molar-refractivity contribution in [3.63, 3.8) is 0 Å². The van der Waals surface area contributed by atoms with E-state index in [0.717, 1.165) is 23.4 Å². The second-order valence-corrected chi connectivity index (χ2v) is 4.91. The number of carboxylic acids is 1. The summed E-state index contributed by atoms with van der Waals surface area (Å²) in [4.78, 5) is 13.0. The minimum Gasteiger partial charge on any atom is -0.478 e. The molecule has 1 aliphatic rings. The van der Waals surface area contributed by atoms with Crippen LogP contribution in [0.5, 0.6) is 0 Å². The molecule has 2 rings (SSSR count). The molecule has 0 bridgehead atoms. The Hall–Kier alpha value is -2.03. The summed E-state index contributed by atoms with van der Waals surface area (Å²) < 4.78 is 0. The molecule has 0 spiro atoms. The maximum Gasteiger partial charge on any atom is 0.328 e. The van der Waals surface area contributed by atoms with Gasteiger partial charge in [0, 0.05) is 24.4 Å². The molecule has 1 aromatic rings. The van der Waals surface area contributed by atoms with Crippen LogP contribution in [-0.4, -0.2) is 23.7 Å². The number of carbonyl (C=O) groups is 1. The Balaban J connectivity index is 2.36. The van der Waals surface area contributed by atoms with Crippen LogP contribution in [0.25, 0.3) is 6.08 Å². The molecule has 0 radical (unpaired) electrons. The fraction of sp³-hybridized carbons (Fsp3) is 0.312. The number of carboxylic acid groups (broad SMARTS) is 1. The summed E-state index contributed by atoms with van der Waals surface area (Å²) in [6.45, 7) is 6.61. The predicted molar refractivity (Wildman–Crippen MR) is 78.4 cm³/mol. The number of rotatable bonds is 6. The lowest BCUT2D eigenvalue weighted by Crippen LogP contribution is -2.26. The van der Waals surface area contributed by atoms with E-state index in [0.29, 0.717) is 6.04 Å². The van der Waals surface area contributed by atoms with Crippen LogP contribution >= 0.6 is 0 Å². The van der Waals surface area contributed by atoms with Crippen molar-refractivity contribution in [1.29, 1.82) is 0 Å². The van der Waals surface area contributed by atoms with E-state index >= 15 is 0 Å². The quantitative estimate of drug-likeness (QED) is 0.628. The van der Waals surface area contributed by atoms with Crippen LogP contribution in [0.15, 0.2) is 36.9 Å². The van der Waals surface area contributed by atoms with E-state index in [2.05, 4.69) is 23.6 Å². The maximum atomic E-state index is 10.7. The molecule has 0 amide bonds. The lowest BCUT2D eigenvalue weighted by molar-refractivity contribution is -0.131. The number of hydrogen-bond donors (Lipinski definition) is 1. The van der Waals surface area contributed by atoms with Crippen molar-refractivity contribution in [2.45, 2.75) is 25.8 Å². The van der Waals surface area contributed by atoms with E-state index in [9.17, 15) is 4.79 Å². The van der Waals surface area contributed by atoms with E-state index in [1.807, 2.05) is 19.1 Å². The Morgan fingerprint density at radius 3 is 2.84 bits per heavy atom. The second-order valence-electron chi connectivity index (χ2n) is 4.91. The van der Waals surface area contributed by atoms with Crippen LogP contribution < -0.4 is 4.90 Å². The van der Waals surface area contributed by atoms with E-state index in [1.54, 1.807) is 6.08 Å². The van der Waals surface area contributed by atoms with Gasteiger partial charge in [-0.1, -0.05) is 17.7 Å². The molecule has 1 fully saturated rings. The Morgan fingerprint density at radius 2 is 2.26 bits per heavy atom. The SMILES string of the molecule is C=CCN(c1ccc(C)cc1/C=C/C(=O)O)C1CC1. The highest BCUT2D eigenvalue weighted by Crippen LogP contribution is 2.34. The number of aryl methyl sites for hydroxylation is 1. The molecule has 1 aromatic carbocycles. The maximum absolute atomic E-state index is 10.7. The summed E-state index contributed by atoms with van der Waals surface area (Å²) >= 11 is 0. The first-order valence-electron chi connectivity index (χ1n) is 6.51. The van der Waals surface area contributed by atoms with Crippen molar-refractivity contribution in [2.24, 2.45) is 0 Å². The van der Waals surface area contributed by atoms with E-state index in [1.165, 1.54) is 18.9 Å². The first-order valence-corrected chi connectivity index (χ1v) is 6.51. The molecule has 19 heavy (non-hydrogen) atoms. The van der Waals surface area contributed by atoms with Gasteiger partial charge in [0.05, 0.1) is 0 Å². The molecular weight excluding hydrogens is 238 g/mol. The van der Waals surface area contributed by atoms with Crippen molar-refractivity contribution in [1.82, 2.24) is 0 Å². The highest BCUT2D eigenvalue weighted by atomic mass is 16.4. The standard InChI is InChI=1S/C16H19NO2/c1-3-10-17(14-6-7-14)15-8-4-12(2)11-13(15)5-9-16(18)19/h3-5,8-9,11,14H,1,6-7,10H2,2H3,(H,18,19)/b9-5+. The zero-order valence-corrected chi connectivity index (χ0v) is 11.2. The van der Waals surface area contributed by atoms with Crippen LogP contribution in [0.1, 0.15) is 24.0 Å². The molecule has 3 nitrogen and oxygen atoms in total. The van der Waals surface area contributed by atoms with Crippen LogP contribution in [0.3, 0.4) is 0 Å². The molecule has 1 N–H and O–H groups in total. The first kappa shape index (κ1) is 13.4. The van der Waals surface area contributed by atoms with Gasteiger partial charge in [0.15, 0.2) is 0 Å². The van der Waals surface area contributed by atoms with Crippen molar-refractivity contribution < 1.29 is 9.90 Å². The summed E-state index contributed by atoms with van der Waals surface area (Å²) in [5.74, 6) is -0.922. The van der Waals surface area contributed by atoms with Crippen LogP contribution in [0.4, 0.5) is 5.69 Å². The first-order chi connectivity index (χ1) is 9.11. The third kappa shape index (κ3) is 3.47. The molecular formula is C16H19NO2. The molecule has 0 unspecified atom stereocenters. The fourth-order valence-corrected chi connectivity index (χ4v) is 2.20. The molecule has 0 saturated heterocycles. The Labute approximate surface area is 113 Å². The Bertz CT molecular complexity index is 515. The van der Waals surface area contributed by atoms with Gasteiger partial charge in [-0.15, -0.1) is 6.58 Å². The average molecular weight is 257 g/mol. The summed E-state index contributed by atoms with van der Waals surface area (Å²) in [5, 5.41) is 8.78. The topological polar surface area (TPSA) is 40.5 Å². The number of nitrogens with zero attached hydrogens (tertiary/aromatic N) is 1. The van der Waals surface area contributed by atoms with Gasteiger partial charge in [-0.2, -0.15) is 0 Å². The Morgan fingerprint density at radius 1 is 1.53 bits per heavy atom. The number of benzene rings is 1. The normalized spacial score (nSPS) is 14.6. The van der Waals surface area contributed by atoms with E-state index in [-0.39, 0.29) is 0 Å².